The summed E-state index contributed by atoms with van der Waals surface area (Å²) in [4.78, 5) is 2.25. The molecule has 0 saturated heterocycles. The van der Waals surface area contributed by atoms with Gasteiger partial charge in [0, 0.05) is 24.8 Å². The Morgan fingerprint density at radius 3 is 2.53 bits per heavy atom. The first-order valence-corrected chi connectivity index (χ1v) is 6.46. The van der Waals surface area contributed by atoms with Gasteiger partial charge in [-0.2, -0.15) is 0 Å². The van der Waals surface area contributed by atoms with Gasteiger partial charge in [-0.25, -0.2) is 4.39 Å². The number of benzene rings is 1. The van der Waals surface area contributed by atoms with Crippen molar-refractivity contribution in [3.63, 3.8) is 0 Å². The summed E-state index contributed by atoms with van der Waals surface area (Å²) in [5.41, 5.74) is 7.18. The molecule has 0 heterocycles. The second kappa shape index (κ2) is 5.50. The summed E-state index contributed by atoms with van der Waals surface area (Å²) in [5, 5.41) is 0. The molecule has 1 atom stereocenters. The number of nitrogens with two attached hydrogens (primary N) is 1. The van der Waals surface area contributed by atoms with Crippen LogP contribution in [0.2, 0.25) is 0 Å². The molecule has 1 aromatic rings. The van der Waals surface area contributed by atoms with E-state index in [1.165, 1.54) is 25.0 Å². The van der Waals surface area contributed by atoms with Gasteiger partial charge in [0.2, 0.25) is 0 Å². The highest BCUT2D eigenvalue weighted by Gasteiger charge is 2.28. The van der Waals surface area contributed by atoms with E-state index in [0.29, 0.717) is 6.04 Å². The number of halogens is 1. The lowest BCUT2D eigenvalue weighted by Crippen LogP contribution is -2.31. The summed E-state index contributed by atoms with van der Waals surface area (Å²) in [5.74, 6) is 0.571. The van der Waals surface area contributed by atoms with Gasteiger partial charge in [0.15, 0.2) is 0 Å². The molecule has 1 aliphatic rings. The van der Waals surface area contributed by atoms with Crippen molar-refractivity contribution in [3.8, 4) is 0 Å². The average molecular weight is 236 g/mol. The largest absolute Gasteiger partial charge is 0.372 e. The maximum absolute atomic E-state index is 12.8. The maximum Gasteiger partial charge on any atom is 0.123 e. The lowest BCUT2D eigenvalue weighted by Gasteiger charge is -2.24. The molecule has 0 aromatic heterocycles. The molecule has 3 heteroatoms. The van der Waals surface area contributed by atoms with Crippen LogP contribution in [0.1, 0.15) is 26.2 Å². The Morgan fingerprint density at radius 2 is 2.00 bits per heavy atom. The zero-order chi connectivity index (χ0) is 12.3. The van der Waals surface area contributed by atoms with Crippen LogP contribution in [0.3, 0.4) is 0 Å². The van der Waals surface area contributed by atoms with Gasteiger partial charge < -0.3 is 10.6 Å². The van der Waals surface area contributed by atoms with Crippen molar-refractivity contribution < 1.29 is 4.39 Å². The molecular formula is C14H21FN2. The Kier molecular flexibility index (Phi) is 4.00. The Morgan fingerprint density at radius 1 is 1.35 bits per heavy atom. The lowest BCUT2D eigenvalue weighted by molar-refractivity contribution is 0.544. The van der Waals surface area contributed by atoms with E-state index in [2.05, 4.69) is 11.8 Å². The molecule has 1 aromatic carbocycles. The molecule has 1 fully saturated rings. The second-order valence-corrected chi connectivity index (χ2v) is 4.85. The van der Waals surface area contributed by atoms with Gasteiger partial charge in [-0.15, -0.1) is 0 Å². The second-order valence-electron chi connectivity index (χ2n) is 4.85. The predicted molar refractivity (Wildman–Crippen MR) is 69.6 cm³/mol. The van der Waals surface area contributed by atoms with E-state index in [-0.39, 0.29) is 5.82 Å². The van der Waals surface area contributed by atoms with Crippen molar-refractivity contribution in [3.05, 3.63) is 30.1 Å². The average Bonchev–Trinajstić information content (AvgIpc) is 3.16. The summed E-state index contributed by atoms with van der Waals surface area (Å²) in [6.45, 7) is 4.01. The fourth-order valence-electron chi connectivity index (χ4n) is 2.19. The minimum atomic E-state index is -0.181. The van der Waals surface area contributed by atoms with Gasteiger partial charge in [0.25, 0.3) is 0 Å². The molecule has 1 saturated carbocycles. The van der Waals surface area contributed by atoms with E-state index >= 15 is 0 Å². The van der Waals surface area contributed by atoms with Crippen LogP contribution in [0.15, 0.2) is 24.3 Å². The number of nitrogens with zero attached hydrogens (tertiary/aromatic N) is 1. The third-order valence-electron chi connectivity index (χ3n) is 3.53. The van der Waals surface area contributed by atoms with Crippen LogP contribution < -0.4 is 10.6 Å². The number of rotatable bonds is 6. The highest BCUT2D eigenvalue weighted by molar-refractivity contribution is 5.46. The highest BCUT2D eigenvalue weighted by atomic mass is 19.1. The number of hydrogen-bond donors (Lipinski definition) is 1. The molecule has 2 nitrogen and oxygen atoms in total. The first-order chi connectivity index (χ1) is 8.20. The standard InChI is InChI=1S/C14H21FN2/c1-2-17(10-9-14(16)11-3-4-11)13-7-5-12(15)6-8-13/h5-8,11,14H,2-4,9-10,16H2,1H3. The molecular weight excluding hydrogens is 215 g/mol. The molecule has 0 bridgehead atoms. The summed E-state index contributed by atoms with van der Waals surface area (Å²) < 4.78 is 12.8. The van der Waals surface area contributed by atoms with Crippen LogP contribution in [0.25, 0.3) is 0 Å². The Hall–Kier alpha value is -1.09. The van der Waals surface area contributed by atoms with Crippen LogP contribution in [0.5, 0.6) is 0 Å². The van der Waals surface area contributed by atoms with Crippen LogP contribution >= 0.6 is 0 Å². The molecule has 0 aliphatic heterocycles. The molecule has 94 valence electrons. The highest BCUT2D eigenvalue weighted by Crippen LogP contribution is 2.33. The van der Waals surface area contributed by atoms with Gasteiger partial charge in [0.05, 0.1) is 0 Å². The van der Waals surface area contributed by atoms with E-state index in [9.17, 15) is 4.39 Å². The van der Waals surface area contributed by atoms with Gasteiger partial charge in [-0.3, -0.25) is 0 Å². The Labute approximate surface area is 103 Å². The normalized spacial score (nSPS) is 16.9. The van der Waals surface area contributed by atoms with E-state index in [4.69, 9.17) is 5.73 Å². The van der Waals surface area contributed by atoms with Crippen molar-refractivity contribution in [1.29, 1.82) is 0 Å². The van der Waals surface area contributed by atoms with Gasteiger partial charge in [-0.1, -0.05) is 0 Å². The number of anilines is 1. The molecule has 0 radical (unpaired) electrons. The topological polar surface area (TPSA) is 29.3 Å². The molecule has 2 N–H and O–H groups in total. The van der Waals surface area contributed by atoms with E-state index < -0.39 is 0 Å². The van der Waals surface area contributed by atoms with Crippen LogP contribution in [-0.4, -0.2) is 19.1 Å². The monoisotopic (exact) mass is 236 g/mol. The Bertz CT molecular complexity index is 346. The SMILES string of the molecule is CCN(CCC(N)C1CC1)c1ccc(F)cc1. The fourth-order valence-corrected chi connectivity index (χ4v) is 2.19. The van der Waals surface area contributed by atoms with Gasteiger partial charge in [-0.05, 0) is 56.4 Å². The first kappa shape index (κ1) is 12.4. The van der Waals surface area contributed by atoms with Crippen LogP contribution in [0.4, 0.5) is 10.1 Å². The third kappa shape index (κ3) is 3.43. The van der Waals surface area contributed by atoms with Crippen molar-refractivity contribution >= 4 is 5.69 Å². The summed E-state index contributed by atoms with van der Waals surface area (Å²) in [6, 6.07) is 7.03. The maximum atomic E-state index is 12.8. The number of hydrogen-bond acceptors (Lipinski definition) is 2. The van der Waals surface area contributed by atoms with Gasteiger partial charge in [0.1, 0.15) is 5.82 Å². The van der Waals surface area contributed by atoms with Gasteiger partial charge >= 0.3 is 0 Å². The summed E-state index contributed by atoms with van der Waals surface area (Å²) >= 11 is 0. The van der Waals surface area contributed by atoms with Crippen LogP contribution in [0, 0.1) is 11.7 Å². The molecule has 1 aliphatic carbocycles. The fraction of sp³-hybridized carbons (Fsp3) is 0.571. The van der Waals surface area contributed by atoms with Crippen molar-refractivity contribution in [2.24, 2.45) is 11.7 Å². The van der Waals surface area contributed by atoms with E-state index in [0.717, 1.165) is 31.1 Å². The van der Waals surface area contributed by atoms with E-state index in [1.54, 1.807) is 0 Å². The van der Waals surface area contributed by atoms with Crippen LogP contribution in [-0.2, 0) is 0 Å². The zero-order valence-corrected chi connectivity index (χ0v) is 10.4. The predicted octanol–water partition coefficient (Wildman–Crippen LogP) is 2.78. The van der Waals surface area contributed by atoms with Crippen molar-refractivity contribution in [1.82, 2.24) is 0 Å². The molecule has 17 heavy (non-hydrogen) atoms. The summed E-state index contributed by atoms with van der Waals surface area (Å²) in [7, 11) is 0. The lowest BCUT2D eigenvalue weighted by atomic mass is 10.1. The van der Waals surface area contributed by atoms with Crippen molar-refractivity contribution in [2.75, 3.05) is 18.0 Å². The summed E-state index contributed by atoms with van der Waals surface area (Å²) in [6.07, 6.45) is 3.61. The van der Waals surface area contributed by atoms with Crippen molar-refractivity contribution in [2.45, 2.75) is 32.2 Å². The molecule has 0 spiro atoms. The van der Waals surface area contributed by atoms with E-state index in [1.807, 2.05) is 12.1 Å². The molecule has 2 rings (SSSR count). The molecule has 0 amide bonds. The smallest absolute Gasteiger partial charge is 0.123 e. The first-order valence-electron chi connectivity index (χ1n) is 6.46. The third-order valence-corrected chi connectivity index (χ3v) is 3.53. The minimum Gasteiger partial charge on any atom is -0.372 e. The minimum absolute atomic E-state index is 0.181. The molecule has 1 unspecified atom stereocenters. The zero-order valence-electron chi connectivity index (χ0n) is 10.4. The quantitative estimate of drug-likeness (QED) is 0.823. The Balaban J connectivity index is 1.88.